The van der Waals surface area contributed by atoms with E-state index in [0.717, 1.165) is 0 Å². The number of hydrogen-bond acceptors (Lipinski definition) is 5. The van der Waals surface area contributed by atoms with Gasteiger partial charge in [0.1, 0.15) is 0 Å². The Morgan fingerprint density at radius 3 is 2.58 bits per heavy atom. The highest BCUT2D eigenvalue weighted by Crippen LogP contribution is 2.22. The number of carbonyl (C=O) groups is 1. The Labute approximate surface area is 202 Å². The summed E-state index contributed by atoms with van der Waals surface area (Å²) in [6.07, 6.45) is 1.54. The van der Waals surface area contributed by atoms with Gasteiger partial charge in [-0.15, -0.1) is 0 Å². The maximum atomic E-state index is 13.3. The van der Waals surface area contributed by atoms with E-state index < -0.39 is 15.4 Å². The number of imidazole rings is 1. The van der Waals surface area contributed by atoms with Crippen LogP contribution < -0.4 is 5.32 Å². The van der Waals surface area contributed by atoms with Crippen molar-refractivity contribution in [1.82, 2.24) is 19.8 Å². The predicted octanol–water partition coefficient (Wildman–Crippen LogP) is 4.12. The summed E-state index contributed by atoms with van der Waals surface area (Å²) in [6, 6.07) is 6.54. The summed E-state index contributed by atoms with van der Waals surface area (Å²) >= 11 is 6.03. The van der Waals surface area contributed by atoms with Crippen molar-refractivity contribution >= 4 is 27.5 Å². The lowest BCUT2D eigenvalue weighted by Gasteiger charge is -2.28. The zero-order chi connectivity index (χ0) is 24.8. The normalized spacial score (nSPS) is 12.2. The van der Waals surface area contributed by atoms with Crippen molar-refractivity contribution in [1.29, 1.82) is 0 Å². The van der Waals surface area contributed by atoms with E-state index in [1.54, 1.807) is 40.8 Å². The first-order valence-electron chi connectivity index (χ1n) is 10.9. The van der Waals surface area contributed by atoms with Crippen molar-refractivity contribution in [2.75, 3.05) is 20.3 Å². The van der Waals surface area contributed by atoms with E-state index in [1.807, 2.05) is 34.6 Å². The number of urea groups is 1. The molecule has 184 valence electrons. The number of nitrogens with zero attached hydrogens (tertiary/aromatic N) is 3. The first-order chi connectivity index (χ1) is 15.3. The van der Waals surface area contributed by atoms with Crippen molar-refractivity contribution in [3.8, 4) is 0 Å². The molecule has 2 amide bonds. The van der Waals surface area contributed by atoms with E-state index in [2.05, 4.69) is 10.3 Å². The zero-order valence-corrected chi connectivity index (χ0v) is 21.8. The molecule has 2 aromatic rings. The molecule has 0 bridgehead atoms. The average Bonchev–Trinajstić information content (AvgIpc) is 3.05. The molecule has 33 heavy (non-hydrogen) atoms. The van der Waals surface area contributed by atoms with Crippen LogP contribution in [0.4, 0.5) is 4.79 Å². The number of rotatable bonds is 10. The average molecular weight is 499 g/mol. The standard InChI is InChI=1S/C23H35ClN4O4S/c1-17(2)14-28-20(15-27(10-11-32-6)21(29)26-23(3,4)5)13-25-22(28)33(30,31)16-18-8-7-9-19(24)12-18/h7-9,12-13,17H,10-11,14-16H2,1-6H3,(H,26,29). The van der Waals surface area contributed by atoms with Gasteiger partial charge >= 0.3 is 6.03 Å². The number of nitrogens with one attached hydrogen (secondary N) is 1. The number of aromatic nitrogens is 2. The molecule has 0 atom stereocenters. The highest BCUT2D eigenvalue weighted by molar-refractivity contribution is 7.90. The number of benzene rings is 1. The lowest BCUT2D eigenvalue weighted by molar-refractivity contribution is 0.141. The smallest absolute Gasteiger partial charge is 0.318 e. The third kappa shape index (κ3) is 8.32. The van der Waals surface area contributed by atoms with Crippen LogP contribution in [0.5, 0.6) is 0 Å². The molecular weight excluding hydrogens is 464 g/mol. The molecule has 2 rings (SSSR count). The van der Waals surface area contributed by atoms with Gasteiger partial charge in [-0.1, -0.05) is 37.6 Å². The Balaban J connectivity index is 2.39. The fraction of sp³-hybridized carbons (Fsp3) is 0.565. The second kappa shape index (κ2) is 11.4. The fourth-order valence-electron chi connectivity index (χ4n) is 3.29. The van der Waals surface area contributed by atoms with E-state index in [-0.39, 0.29) is 29.4 Å². The van der Waals surface area contributed by atoms with Crippen LogP contribution in [-0.2, 0) is 33.4 Å². The molecule has 1 heterocycles. The quantitative estimate of drug-likeness (QED) is 0.531. The summed E-state index contributed by atoms with van der Waals surface area (Å²) in [6.45, 7) is 11.1. The van der Waals surface area contributed by atoms with Gasteiger partial charge < -0.3 is 19.5 Å². The lowest BCUT2D eigenvalue weighted by atomic mass is 10.1. The minimum Gasteiger partial charge on any atom is -0.383 e. The van der Waals surface area contributed by atoms with Gasteiger partial charge in [0.2, 0.25) is 15.0 Å². The van der Waals surface area contributed by atoms with E-state index >= 15 is 0 Å². The molecule has 0 saturated heterocycles. The number of halogens is 1. The molecule has 0 fully saturated rings. The zero-order valence-electron chi connectivity index (χ0n) is 20.3. The largest absolute Gasteiger partial charge is 0.383 e. The maximum absolute atomic E-state index is 13.3. The van der Waals surface area contributed by atoms with Crippen LogP contribution in [0.15, 0.2) is 35.6 Å². The summed E-state index contributed by atoms with van der Waals surface area (Å²) in [4.78, 5) is 18.8. The van der Waals surface area contributed by atoms with Gasteiger partial charge in [-0.25, -0.2) is 18.2 Å². The van der Waals surface area contributed by atoms with Crippen LogP contribution in [0.3, 0.4) is 0 Å². The Kier molecular flexibility index (Phi) is 9.34. The van der Waals surface area contributed by atoms with Gasteiger partial charge in [-0.3, -0.25) is 0 Å². The summed E-state index contributed by atoms with van der Waals surface area (Å²) in [7, 11) is -2.17. The minimum absolute atomic E-state index is 0.00547. The van der Waals surface area contributed by atoms with Crippen LogP contribution in [0, 0.1) is 5.92 Å². The first kappa shape index (κ1) is 27.1. The highest BCUT2D eigenvalue weighted by atomic mass is 35.5. The molecule has 0 aliphatic carbocycles. The van der Waals surface area contributed by atoms with Gasteiger partial charge in [0.15, 0.2) is 0 Å². The maximum Gasteiger partial charge on any atom is 0.318 e. The van der Waals surface area contributed by atoms with E-state index in [9.17, 15) is 13.2 Å². The Morgan fingerprint density at radius 1 is 1.30 bits per heavy atom. The number of amides is 2. The Hall–Kier alpha value is -2.10. The number of ether oxygens (including phenoxy) is 1. The molecule has 10 heteroatoms. The molecule has 1 N–H and O–H groups in total. The highest BCUT2D eigenvalue weighted by Gasteiger charge is 2.27. The molecule has 0 radical (unpaired) electrons. The molecule has 0 aliphatic rings. The van der Waals surface area contributed by atoms with Gasteiger partial charge in [-0.2, -0.15) is 0 Å². The number of sulfone groups is 1. The third-order valence-electron chi connectivity index (χ3n) is 4.66. The van der Waals surface area contributed by atoms with Crippen LogP contribution in [0.25, 0.3) is 0 Å². The monoisotopic (exact) mass is 498 g/mol. The van der Waals surface area contributed by atoms with E-state index in [1.165, 1.54) is 6.20 Å². The predicted molar refractivity (Wildman–Crippen MR) is 130 cm³/mol. The fourth-order valence-corrected chi connectivity index (χ4v) is 4.99. The number of methoxy groups -OCH3 is 1. The lowest BCUT2D eigenvalue weighted by Crippen LogP contribution is -2.49. The molecule has 1 aromatic heterocycles. The van der Waals surface area contributed by atoms with Gasteiger partial charge in [0, 0.05) is 30.8 Å². The van der Waals surface area contributed by atoms with Crippen molar-refractivity contribution in [2.24, 2.45) is 5.92 Å². The molecule has 0 unspecified atom stereocenters. The van der Waals surface area contributed by atoms with E-state index in [4.69, 9.17) is 16.3 Å². The van der Waals surface area contributed by atoms with Crippen molar-refractivity contribution in [2.45, 2.75) is 64.2 Å². The van der Waals surface area contributed by atoms with Gasteiger partial charge in [-0.05, 0) is 44.4 Å². The summed E-state index contributed by atoms with van der Waals surface area (Å²) in [5.74, 6) is -0.0334. The van der Waals surface area contributed by atoms with Gasteiger partial charge in [0.05, 0.1) is 30.8 Å². The number of hydrogen-bond donors (Lipinski definition) is 1. The van der Waals surface area contributed by atoms with Crippen LogP contribution >= 0.6 is 11.6 Å². The van der Waals surface area contributed by atoms with E-state index in [0.29, 0.717) is 36.0 Å². The van der Waals surface area contributed by atoms with Crippen LogP contribution in [-0.4, -0.2) is 54.7 Å². The molecule has 0 saturated carbocycles. The minimum atomic E-state index is -3.74. The van der Waals surface area contributed by atoms with Crippen molar-refractivity contribution in [3.05, 3.63) is 46.7 Å². The summed E-state index contributed by atoms with van der Waals surface area (Å²) in [5.41, 5.74) is 0.828. The first-order valence-corrected chi connectivity index (χ1v) is 12.9. The SMILES string of the molecule is COCCN(Cc1cnc(S(=O)(=O)Cc2cccc(Cl)c2)n1CC(C)C)C(=O)NC(C)(C)C. The van der Waals surface area contributed by atoms with Crippen molar-refractivity contribution < 1.29 is 17.9 Å². The van der Waals surface area contributed by atoms with Crippen LogP contribution in [0.2, 0.25) is 5.02 Å². The van der Waals surface area contributed by atoms with Gasteiger partial charge in [0.25, 0.3) is 0 Å². The molecular formula is C23H35ClN4O4S. The molecule has 0 aliphatic heterocycles. The summed E-state index contributed by atoms with van der Waals surface area (Å²) < 4.78 is 33.4. The second-order valence-corrected chi connectivity index (χ2v) is 11.8. The molecule has 0 spiro atoms. The topological polar surface area (TPSA) is 93.5 Å². The molecule has 8 nitrogen and oxygen atoms in total. The van der Waals surface area contributed by atoms with Crippen molar-refractivity contribution in [3.63, 3.8) is 0 Å². The Morgan fingerprint density at radius 2 is 2.00 bits per heavy atom. The second-order valence-electron chi connectivity index (χ2n) is 9.52. The number of carbonyl (C=O) groups excluding carboxylic acids is 1. The third-order valence-corrected chi connectivity index (χ3v) is 6.49. The van der Waals surface area contributed by atoms with Crippen LogP contribution in [0.1, 0.15) is 45.9 Å². The molecule has 1 aromatic carbocycles. The summed E-state index contributed by atoms with van der Waals surface area (Å²) in [5, 5.41) is 3.43. The Bertz CT molecular complexity index is 1040.